The van der Waals surface area contributed by atoms with Gasteiger partial charge in [0.2, 0.25) is 0 Å². The van der Waals surface area contributed by atoms with Gasteiger partial charge in [-0.3, -0.25) is 0 Å². The molecule has 0 aliphatic heterocycles. The smallest absolute Gasteiger partial charge is 0.251 e. The summed E-state index contributed by atoms with van der Waals surface area (Å²) in [5.74, 6) is 0. The summed E-state index contributed by atoms with van der Waals surface area (Å²) in [6.07, 6.45) is 2.78. The quantitative estimate of drug-likeness (QED) is 0.762. The van der Waals surface area contributed by atoms with Gasteiger partial charge in [0.15, 0.2) is 0 Å². The summed E-state index contributed by atoms with van der Waals surface area (Å²) < 4.78 is 24.9. The van der Waals surface area contributed by atoms with Gasteiger partial charge >= 0.3 is 0 Å². The van der Waals surface area contributed by atoms with Crippen molar-refractivity contribution in [1.29, 1.82) is 0 Å². The van der Waals surface area contributed by atoms with Crippen LogP contribution in [0, 0.1) is 0 Å². The second-order valence-corrected chi connectivity index (χ2v) is 6.37. The standard InChI is InChI=1S/C21H23F2N/c1-24(15-21(22)23)14-6-11-20-18-9-4-2-7-16(18)12-13-17-8-3-5-10-19(17)20/h2-5,7-11,21H,6,12-15H2,1H3. The van der Waals surface area contributed by atoms with Crippen molar-refractivity contribution in [2.24, 2.45) is 0 Å². The number of alkyl halides is 2. The Morgan fingerprint density at radius 1 is 0.958 bits per heavy atom. The average Bonchev–Trinajstić information content (AvgIpc) is 2.72. The molecule has 3 heteroatoms. The molecule has 3 rings (SSSR count). The molecule has 0 N–H and O–H groups in total. The van der Waals surface area contributed by atoms with E-state index in [1.54, 1.807) is 11.9 Å². The molecule has 0 atom stereocenters. The van der Waals surface area contributed by atoms with Crippen molar-refractivity contribution >= 4 is 5.57 Å². The summed E-state index contributed by atoms with van der Waals surface area (Å²) >= 11 is 0. The lowest BCUT2D eigenvalue weighted by molar-refractivity contribution is 0.101. The van der Waals surface area contributed by atoms with Gasteiger partial charge in [-0.2, -0.15) is 0 Å². The largest absolute Gasteiger partial charge is 0.301 e. The molecular weight excluding hydrogens is 304 g/mol. The topological polar surface area (TPSA) is 3.24 Å². The minimum absolute atomic E-state index is 0.170. The minimum Gasteiger partial charge on any atom is -0.301 e. The molecule has 1 aliphatic carbocycles. The molecule has 0 fully saturated rings. The van der Waals surface area contributed by atoms with Crippen LogP contribution in [0.5, 0.6) is 0 Å². The molecule has 1 nitrogen and oxygen atoms in total. The summed E-state index contributed by atoms with van der Waals surface area (Å²) in [4.78, 5) is 1.69. The first-order valence-corrected chi connectivity index (χ1v) is 8.48. The van der Waals surface area contributed by atoms with E-state index in [0.29, 0.717) is 6.54 Å². The second-order valence-electron chi connectivity index (χ2n) is 6.37. The Kier molecular flexibility index (Phi) is 5.41. The molecule has 24 heavy (non-hydrogen) atoms. The highest BCUT2D eigenvalue weighted by molar-refractivity contribution is 5.83. The number of rotatable bonds is 5. The van der Waals surface area contributed by atoms with Crippen LogP contribution in [0.1, 0.15) is 28.7 Å². The zero-order valence-corrected chi connectivity index (χ0v) is 14.0. The summed E-state index contributed by atoms with van der Waals surface area (Å²) in [5, 5.41) is 0. The fourth-order valence-electron chi connectivity index (χ4n) is 3.39. The van der Waals surface area contributed by atoms with Gasteiger partial charge in [-0.1, -0.05) is 54.6 Å². The first kappa shape index (κ1) is 16.8. The van der Waals surface area contributed by atoms with Gasteiger partial charge in [-0.15, -0.1) is 0 Å². The Morgan fingerprint density at radius 3 is 2.04 bits per heavy atom. The third-order valence-corrected chi connectivity index (χ3v) is 4.59. The third kappa shape index (κ3) is 3.90. The van der Waals surface area contributed by atoms with Crippen molar-refractivity contribution in [3.63, 3.8) is 0 Å². The highest BCUT2D eigenvalue weighted by Crippen LogP contribution is 2.33. The molecule has 0 bridgehead atoms. The predicted octanol–water partition coefficient (Wildman–Crippen LogP) is 4.80. The Hall–Kier alpha value is -2.00. The lowest BCUT2D eigenvalue weighted by atomic mass is 9.93. The number of nitrogens with zero attached hydrogens (tertiary/aromatic N) is 1. The van der Waals surface area contributed by atoms with Gasteiger partial charge in [0.25, 0.3) is 6.43 Å². The molecule has 0 saturated carbocycles. The van der Waals surface area contributed by atoms with Crippen LogP contribution in [0.25, 0.3) is 5.57 Å². The van der Waals surface area contributed by atoms with E-state index >= 15 is 0 Å². The van der Waals surface area contributed by atoms with E-state index in [0.717, 1.165) is 19.3 Å². The van der Waals surface area contributed by atoms with Gasteiger partial charge in [-0.25, -0.2) is 8.78 Å². The molecule has 2 aromatic rings. The predicted molar refractivity (Wildman–Crippen MR) is 95.5 cm³/mol. The van der Waals surface area contributed by atoms with E-state index in [4.69, 9.17) is 0 Å². The molecule has 2 aromatic carbocycles. The van der Waals surface area contributed by atoms with Crippen LogP contribution < -0.4 is 0 Å². The van der Waals surface area contributed by atoms with Crippen molar-refractivity contribution in [2.45, 2.75) is 25.7 Å². The fraction of sp³-hybridized carbons (Fsp3) is 0.333. The third-order valence-electron chi connectivity index (χ3n) is 4.59. The normalized spacial score (nSPS) is 13.6. The van der Waals surface area contributed by atoms with E-state index < -0.39 is 6.43 Å². The van der Waals surface area contributed by atoms with Crippen LogP contribution in [0.2, 0.25) is 0 Å². The van der Waals surface area contributed by atoms with Crippen molar-refractivity contribution < 1.29 is 8.78 Å². The number of aryl methyl sites for hydroxylation is 2. The average molecular weight is 327 g/mol. The van der Waals surface area contributed by atoms with Crippen molar-refractivity contribution in [2.75, 3.05) is 20.1 Å². The number of halogens is 2. The number of fused-ring (bicyclic) bond motifs is 2. The minimum atomic E-state index is -2.28. The van der Waals surface area contributed by atoms with Crippen LogP contribution in [-0.2, 0) is 12.8 Å². The number of hydrogen-bond donors (Lipinski definition) is 0. The van der Waals surface area contributed by atoms with Crippen molar-refractivity contribution in [1.82, 2.24) is 4.90 Å². The Morgan fingerprint density at radius 2 is 1.50 bits per heavy atom. The van der Waals surface area contributed by atoms with Crippen molar-refractivity contribution in [3.8, 4) is 0 Å². The molecule has 0 heterocycles. The Bertz CT molecular complexity index is 672. The highest BCUT2D eigenvalue weighted by atomic mass is 19.3. The fourth-order valence-corrected chi connectivity index (χ4v) is 3.39. The van der Waals surface area contributed by atoms with Crippen LogP contribution in [0.3, 0.4) is 0 Å². The molecule has 1 aliphatic rings. The number of benzene rings is 2. The Labute approximate surface area is 142 Å². The monoisotopic (exact) mass is 327 g/mol. The van der Waals surface area contributed by atoms with E-state index in [9.17, 15) is 8.78 Å². The molecule has 126 valence electrons. The summed E-state index contributed by atoms with van der Waals surface area (Å²) in [5.41, 5.74) is 6.52. The molecule has 0 aromatic heterocycles. The molecule has 0 radical (unpaired) electrons. The van der Waals surface area contributed by atoms with Gasteiger partial charge < -0.3 is 4.90 Å². The molecule has 0 saturated heterocycles. The first-order valence-electron chi connectivity index (χ1n) is 8.48. The Balaban J connectivity index is 1.89. The summed E-state index contributed by atoms with van der Waals surface area (Å²) in [7, 11) is 1.75. The van der Waals surface area contributed by atoms with E-state index in [1.807, 2.05) is 0 Å². The van der Waals surface area contributed by atoms with E-state index in [1.165, 1.54) is 27.8 Å². The van der Waals surface area contributed by atoms with Crippen LogP contribution >= 0.6 is 0 Å². The van der Waals surface area contributed by atoms with Gasteiger partial charge in [0, 0.05) is 6.54 Å². The molecule has 0 spiro atoms. The maximum atomic E-state index is 12.5. The molecular formula is C21H23F2N. The lowest BCUT2D eigenvalue weighted by Crippen LogP contribution is -2.25. The maximum Gasteiger partial charge on any atom is 0.251 e. The van der Waals surface area contributed by atoms with Gasteiger partial charge in [0.05, 0.1) is 6.54 Å². The molecule has 0 unspecified atom stereocenters. The molecule has 0 amide bonds. The SMILES string of the molecule is CN(CCC=C1c2ccccc2CCc2ccccc21)CC(F)F. The van der Waals surface area contributed by atoms with Gasteiger partial charge in [-0.05, 0) is 54.1 Å². The summed E-state index contributed by atoms with van der Waals surface area (Å²) in [6, 6.07) is 17.0. The van der Waals surface area contributed by atoms with Gasteiger partial charge in [0.1, 0.15) is 0 Å². The van der Waals surface area contributed by atoms with Crippen molar-refractivity contribution in [3.05, 3.63) is 76.9 Å². The zero-order chi connectivity index (χ0) is 16.9. The maximum absolute atomic E-state index is 12.5. The first-order chi connectivity index (χ1) is 11.6. The van der Waals surface area contributed by atoms with E-state index in [-0.39, 0.29) is 6.54 Å². The van der Waals surface area contributed by atoms with Crippen LogP contribution in [0.15, 0.2) is 54.6 Å². The van der Waals surface area contributed by atoms with E-state index in [2.05, 4.69) is 54.6 Å². The second kappa shape index (κ2) is 7.71. The number of hydrogen-bond acceptors (Lipinski definition) is 1. The zero-order valence-electron chi connectivity index (χ0n) is 14.0. The lowest BCUT2D eigenvalue weighted by Gasteiger charge is -2.16. The summed E-state index contributed by atoms with van der Waals surface area (Å²) in [6.45, 7) is 0.467. The highest BCUT2D eigenvalue weighted by Gasteiger charge is 2.17. The van der Waals surface area contributed by atoms with Crippen LogP contribution in [-0.4, -0.2) is 31.5 Å². The van der Waals surface area contributed by atoms with Crippen LogP contribution in [0.4, 0.5) is 8.78 Å².